The lowest BCUT2D eigenvalue weighted by atomic mass is 10.2. The van der Waals surface area contributed by atoms with Crippen LogP contribution in [0.25, 0.3) is 0 Å². The SMILES string of the molecule is O=C(Nc1ccc(C(F)(F)F)cc1)c1ccncc1. The van der Waals surface area contributed by atoms with E-state index in [1.807, 2.05) is 0 Å². The number of rotatable bonds is 2. The highest BCUT2D eigenvalue weighted by molar-refractivity contribution is 6.04. The number of aromatic nitrogens is 1. The fourth-order valence-electron chi connectivity index (χ4n) is 1.45. The Morgan fingerprint density at radius 3 is 2.11 bits per heavy atom. The second-order valence-electron chi connectivity index (χ2n) is 3.77. The van der Waals surface area contributed by atoms with Gasteiger partial charge in [-0.1, -0.05) is 0 Å². The maximum absolute atomic E-state index is 12.4. The van der Waals surface area contributed by atoms with Gasteiger partial charge in [-0.2, -0.15) is 13.2 Å². The number of nitrogens with one attached hydrogen (secondary N) is 1. The van der Waals surface area contributed by atoms with Crippen LogP contribution in [0.2, 0.25) is 0 Å². The molecule has 2 aromatic rings. The second kappa shape index (κ2) is 5.09. The maximum Gasteiger partial charge on any atom is 0.416 e. The number of carbonyl (C=O) groups excluding carboxylic acids is 1. The van der Waals surface area contributed by atoms with Gasteiger partial charge in [0.05, 0.1) is 5.56 Å². The molecule has 1 N–H and O–H groups in total. The standard InChI is InChI=1S/C13H9F3N2O/c14-13(15,16)10-1-3-11(4-2-10)18-12(19)9-5-7-17-8-6-9/h1-8H,(H,18,19). The van der Waals surface area contributed by atoms with Gasteiger partial charge in [0.2, 0.25) is 0 Å². The predicted molar refractivity (Wildman–Crippen MR) is 63.6 cm³/mol. The van der Waals surface area contributed by atoms with Crippen molar-refractivity contribution in [2.75, 3.05) is 5.32 Å². The molecule has 2 rings (SSSR count). The molecule has 0 aliphatic carbocycles. The van der Waals surface area contributed by atoms with Crippen molar-refractivity contribution >= 4 is 11.6 Å². The van der Waals surface area contributed by atoms with Crippen molar-refractivity contribution in [1.82, 2.24) is 4.98 Å². The Labute approximate surface area is 107 Å². The van der Waals surface area contributed by atoms with Crippen LogP contribution in [0.15, 0.2) is 48.8 Å². The van der Waals surface area contributed by atoms with Crippen LogP contribution in [0.1, 0.15) is 15.9 Å². The maximum atomic E-state index is 12.4. The minimum absolute atomic E-state index is 0.301. The van der Waals surface area contributed by atoms with Gasteiger partial charge in [-0.3, -0.25) is 9.78 Å². The van der Waals surface area contributed by atoms with E-state index in [-0.39, 0.29) is 0 Å². The predicted octanol–water partition coefficient (Wildman–Crippen LogP) is 3.35. The van der Waals surface area contributed by atoms with Crippen LogP contribution in [-0.4, -0.2) is 10.9 Å². The number of pyridine rings is 1. The van der Waals surface area contributed by atoms with Crippen LogP contribution in [0.5, 0.6) is 0 Å². The third-order valence-electron chi connectivity index (χ3n) is 2.41. The molecule has 0 spiro atoms. The summed E-state index contributed by atoms with van der Waals surface area (Å²) in [6.45, 7) is 0. The number of hydrogen-bond donors (Lipinski definition) is 1. The summed E-state index contributed by atoms with van der Waals surface area (Å²) in [5.41, 5.74) is -0.0703. The van der Waals surface area contributed by atoms with Gasteiger partial charge in [0.1, 0.15) is 0 Å². The number of alkyl halides is 3. The number of halogens is 3. The molecule has 1 aromatic carbocycles. The van der Waals surface area contributed by atoms with E-state index in [1.54, 1.807) is 0 Å². The molecule has 0 bridgehead atoms. The lowest BCUT2D eigenvalue weighted by Crippen LogP contribution is -2.12. The van der Waals surface area contributed by atoms with Crippen LogP contribution in [0, 0.1) is 0 Å². The first-order valence-corrected chi connectivity index (χ1v) is 5.35. The summed E-state index contributed by atoms with van der Waals surface area (Å²) in [7, 11) is 0. The van der Waals surface area contributed by atoms with Crippen molar-refractivity contribution in [2.45, 2.75) is 6.18 Å². The van der Waals surface area contributed by atoms with Crippen molar-refractivity contribution < 1.29 is 18.0 Å². The smallest absolute Gasteiger partial charge is 0.322 e. The number of hydrogen-bond acceptors (Lipinski definition) is 2. The van der Waals surface area contributed by atoms with Gasteiger partial charge in [-0.05, 0) is 36.4 Å². The van der Waals surface area contributed by atoms with Gasteiger partial charge < -0.3 is 5.32 Å². The molecule has 0 atom stereocenters. The van der Waals surface area contributed by atoms with Gasteiger partial charge in [-0.25, -0.2) is 0 Å². The normalized spacial score (nSPS) is 11.1. The van der Waals surface area contributed by atoms with Crippen molar-refractivity contribution in [3.63, 3.8) is 0 Å². The van der Waals surface area contributed by atoms with E-state index in [0.29, 0.717) is 11.3 Å². The molecule has 1 aromatic heterocycles. The zero-order valence-corrected chi connectivity index (χ0v) is 9.61. The Morgan fingerprint density at radius 2 is 1.58 bits per heavy atom. The number of carbonyl (C=O) groups is 1. The Kier molecular flexibility index (Phi) is 3.50. The highest BCUT2D eigenvalue weighted by Gasteiger charge is 2.29. The van der Waals surface area contributed by atoms with E-state index in [0.717, 1.165) is 12.1 Å². The minimum atomic E-state index is -4.38. The minimum Gasteiger partial charge on any atom is -0.322 e. The summed E-state index contributed by atoms with van der Waals surface area (Å²) in [6, 6.07) is 7.28. The summed E-state index contributed by atoms with van der Waals surface area (Å²) < 4.78 is 37.1. The molecular weight excluding hydrogens is 257 g/mol. The molecule has 0 fully saturated rings. The zero-order chi connectivity index (χ0) is 13.9. The first kappa shape index (κ1) is 13.1. The highest BCUT2D eigenvalue weighted by atomic mass is 19.4. The largest absolute Gasteiger partial charge is 0.416 e. The molecule has 0 aliphatic rings. The fourth-order valence-corrected chi connectivity index (χ4v) is 1.45. The molecule has 0 radical (unpaired) electrons. The topological polar surface area (TPSA) is 42.0 Å². The lowest BCUT2D eigenvalue weighted by Gasteiger charge is -2.08. The highest BCUT2D eigenvalue weighted by Crippen LogP contribution is 2.29. The average molecular weight is 266 g/mol. The van der Waals surface area contributed by atoms with Crippen LogP contribution in [0.3, 0.4) is 0 Å². The lowest BCUT2D eigenvalue weighted by molar-refractivity contribution is -0.137. The molecular formula is C13H9F3N2O. The molecule has 0 unspecified atom stereocenters. The van der Waals surface area contributed by atoms with Crippen molar-refractivity contribution in [3.05, 3.63) is 59.9 Å². The quantitative estimate of drug-likeness (QED) is 0.905. The Balaban J connectivity index is 2.10. The van der Waals surface area contributed by atoms with E-state index >= 15 is 0 Å². The van der Waals surface area contributed by atoms with Crippen LogP contribution >= 0.6 is 0 Å². The third-order valence-corrected chi connectivity index (χ3v) is 2.41. The van der Waals surface area contributed by atoms with Gasteiger partial charge in [-0.15, -0.1) is 0 Å². The first-order valence-electron chi connectivity index (χ1n) is 5.35. The fraction of sp³-hybridized carbons (Fsp3) is 0.0769. The molecule has 0 saturated heterocycles. The van der Waals surface area contributed by atoms with Crippen molar-refractivity contribution in [1.29, 1.82) is 0 Å². The molecule has 1 heterocycles. The zero-order valence-electron chi connectivity index (χ0n) is 9.61. The van der Waals surface area contributed by atoms with Crippen LogP contribution in [-0.2, 0) is 6.18 Å². The van der Waals surface area contributed by atoms with E-state index in [9.17, 15) is 18.0 Å². The van der Waals surface area contributed by atoms with Crippen LogP contribution < -0.4 is 5.32 Å². The monoisotopic (exact) mass is 266 g/mol. The number of amides is 1. The van der Waals surface area contributed by atoms with Gasteiger partial charge in [0.15, 0.2) is 0 Å². The van der Waals surface area contributed by atoms with E-state index < -0.39 is 17.6 Å². The summed E-state index contributed by atoms with van der Waals surface area (Å²) in [5.74, 6) is -0.401. The molecule has 0 saturated carbocycles. The molecule has 19 heavy (non-hydrogen) atoms. The molecule has 3 nitrogen and oxygen atoms in total. The molecule has 98 valence electrons. The van der Waals surface area contributed by atoms with E-state index in [1.165, 1.54) is 36.7 Å². The number of nitrogens with zero attached hydrogens (tertiary/aromatic N) is 1. The summed E-state index contributed by atoms with van der Waals surface area (Å²) in [4.78, 5) is 15.5. The number of benzene rings is 1. The second-order valence-corrected chi connectivity index (χ2v) is 3.77. The molecule has 6 heteroatoms. The summed E-state index contributed by atoms with van der Waals surface area (Å²) >= 11 is 0. The van der Waals surface area contributed by atoms with E-state index in [4.69, 9.17) is 0 Å². The summed E-state index contributed by atoms with van der Waals surface area (Å²) in [6.07, 6.45) is -1.46. The number of anilines is 1. The van der Waals surface area contributed by atoms with Gasteiger partial charge in [0.25, 0.3) is 5.91 Å². The van der Waals surface area contributed by atoms with Crippen molar-refractivity contribution in [2.24, 2.45) is 0 Å². The Morgan fingerprint density at radius 1 is 1.00 bits per heavy atom. The Hall–Kier alpha value is -2.37. The Bertz CT molecular complexity index is 565. The third kappa shape index (κ3) is 3.31. The van der Waals surface area contributed by atoms with E-state index in [2.05, 4.69) is 10.3 Å². The van der Waals surface area contributed by atoms with Crippen molar-refractivity contribution in [3.8, 4) is 0 Å². The van der Waals surface area contributed by atoms with Gasteiger partial charge >= 0.3 is 6.18 Å². The first-order chi connectivity index (χ1) is 8.97. The van der Waals surface area contributed by atoms with Gasteiger partial charge in [0, 0.05) is 23.6 Å². The summed E-state index contributed by atoms with van der Waals surface area (Å²) in [5, 5.41) is 2.50. The average Bonchev–Trinajstić information content (AvgIpc) is 2.39. The van der Waals surface area contributed by atoms with Crippen LogP contribution in [0.4, 0.5) is 18.9 Å². The molecule has 1 amide bonds. The molecule has 0 aliphatic heterocycles.